The van der Waals surface area contributed by atoms with Crippen molar-refractivity contribution in [2.24, 2.45) is 0 Å². The van der Waals surface area contributed by atoms with Crippen molar-refractivity contribution in [1.82, 2.24) is 9.47 Å². The number of hydrogen-bond donors (Lipinski definition) is 0. The molecule has 2 rings (SSSR count). The van der Waals surface area contributed by atoms with Crippen molar-refractivity contribution in [2.75, 3.05) is 13.6 Å². The van der Waals surface area contributed by atoms with Gasteiger partial charge in [-0.2, -0.15) is 0 Å². The fourth-order valence-corrected chi connectivity index (χ4v) is 2.39. The zero-order chi connectivity index (χ0) is 14.5. The van der Waals surface area contributed by atoms with Gasteiger partial charge in [-0.3, -0.25) is 4.79 Å². The van der Waals surface area contributed by atoms with E-state index < -0.39 is 0 Å². The van der Waals surface area contributed by atoms with Crippen molar-refractivity contribution in [2.45, 2.75) is 39.7 Å². The minimum atomic E-state index is 0.176. The summed E-state index contributed by atoms with van der Waals surface area (Å²) in [4.78, 5) is 14.0. The zero-order valence-electron chi connectivity index (χ0n) is 12.7. The molecule has 0 unspecified atom stereocenters. The number of unbranched alkanes of at least 4 members (excludes halogenated alkanes) is 1. The molecule has 3 heteroatoms. The Bertz CT molecular complexity index is 586. The normalized spacial score (nSPS) is 10.9. The molecule has 0 aliphatic heterocycles. The third kappa shape index (κ3) is 3.21. The second-order valence-electron chi connectivity index (χ2n) is 5.36. The van der Waals surface area contributed by atoms with Gasteiger partial charge in [-0.05, 0) is 42.0 Å². The Morgan fingerprint density at radius 1 is 1.25 bits per heavy atom. The van der Waals surface area contributed by atoms with E-state index in [4.69, 9.17) is 0 Å². The van der Waals surface area contributed by atoms with E-state index in [0.717, 1.165) is 31.3 Å². The molecule has 0 spiro atoms. The van der Waals surface area contributed by atoms with Gasteiger partial charge in [-0.25, -0.2) is 0 Å². The van der Waals surface area contributed by atoms with Crippen LogP contribution in [0, 0.1) is 0 Å². The molecule has 0 N–H and O–H groups in total. The molecule has 3 nitrogen and oxygen atoms in total. The van der Waals surface area contributed by atoms with E-state index in [9.17, 15) is 4.79 Å². The summed E-state index contributed by atoms with van der Waals surface area (Å²) in [5.41, 5.74) is 2.47. The van der Waals surface area contributed by atoms with Crippen molar-refractivity contribution in [3.63, 3.8) is 0 Å². The van der Waals surface area contributed by atoms with Gasteiger partial charge in [0.15, 0.2) is 0 Å². The summed E-state index contributed by atoms with van der Waals surface area (Å²) < 4.78 is 2.04. The Labute approximate surface area is 121 Å². The summed E-state index contributed by atoms with van der Waals surface area (Å²) in [6.45, 7) is 5.57. The van der Waals surface area contributed by atoms with Gasteiger partial charge in [0.1, 0.15) is 6.54 Å². The summed E-state index contributed by atoms with van der Waals surface area (Å²) in [5, 5.41) is 1.22. The van der Waals surface area contributed by atoms with Gasteiger partial charge in [0.25, 0.3) is 0 Å². The first-order chi connectivity index (χ1) is 9.65. The molecule has 0 fully saturated rings. The number of carbonyl (C=O) groups is 1. The number of rotatable bonds is 6. The molecule has 0 aliphatic rings. The fraction of sp³-hybridized carbons (Fsp3) is 0.471. The highest BCUT2D eigenvalue weighted by Gasteiger charge is 2.10. The lowest BCUT2D eigenvalue weighted by atomic mass is 10.1. The average Bonchev–Trinajstić information content (AvgIpc) is 2.86. The van der Waals surface area contributed by atoms with Crippen molar-refractivity contribution < 1.29 is 4.79 Å². The lowest BCUT2D eigenvalue weighted by Crippen LogP contribution is -2.30. The van der Waals surface area contributed by atoms with Gasteiger partial charge in [0.2, 0.25) is 5.91 Å². The molecule has 0 atom stereocenters. The molecular weight excluding hydrogens is 248 g/mol. The third-order valence-electron chi connectivity index (χ3n) is 3.82. The highest BCUT2D eigenvalue weighted by Crippen LogP contribution is 2.18. The predicted molar refractivity (Wildman–Crippen MR) is 83.9 cm³/mol. The highest BCUT2D eigenvalue weighted by molar-refractivity contribution is 5.83. The van der Waals surface area contributed by atoms with Crippen molar-refractivity contribution in [1.29, 1.82) is 0 Å². The zero-order valence-corrected chi connectivity index (χ0v) is 12.7. The van der Waals surface area contributed by atoms with Gasteiger partial charge in [-0.1, -0.05) is 26.3 Å². The molecule has 20 heavy (non-hydrogen) atoms. The first-order valence-corrected chi connectivity index (χ1v) is 7.47. The summed E-state index contributed by atoms with van der Waals surface area (Å²) >= 11 is 0. The molecule has 1 heterocycles. The predicted octanol–water partition coefficient (Wildman–Crippen LogP) is 3.46. The van der Waals surface area contributed by atoms with Crippen LogP contribution in [0.15, 0.2) is 30.5 Å². The van der Waals surface area contributed by atoms with Crippen molar-refractivity contribution >= 4 is 16.8 Å². The van der Waals surface area contributed by atoms with Gasteiger partial charge in [-0.15, -0.1) is 0 Å². The van der Waals surface area contributed by atoms with Crippen LogP contribution in [0.3, 0.4) is 0 Å². The van der Waals surface area contributed by atoms with E-state index in [1.165, 1.54) is 10.9 Å². The number of amides is 1. The van der Waals surface area contributed by atoms with Crippen molar-refractivity contribution in [3.05, 3.63) is 36.0 Å². The van der Waals surface area contributed by atoms with Crippen molar-refractivity contribution in [3.8, 4) is 0 Å². The van der Waals surface area contributed by atoms with E-state index in [0.29, 0.717) is 6.54 Å². The van der Waals surface area contributed by atoms with E-state index in [1.807, 2.05) is 22.7 Å². The molecule has 1 aromatic carbocycles. The Hall–Kier alpha value is -1.77. The van der Waals surface area contributed by atoms with Crippen LogP contribution in [0.25, 0.3) is 10.9 Å². The first-order valence-electron chi connectivity index (χ1n) is 7.47. The number of benzene rings is 1. The lowest BCUT2D eigenvalue weighted by Gasteiger charge is -2.17. The average molecular weight is 272 g/mol. The topological polar surface area (TPSA) is 25.2 Å². The molecule has 108 valence electrons. The minimum Gasteiger partial charge on any atom is -0.344 e. The molecule has 1 aromatic heterocycles. The van der Waals surface area contributed by atoms with Gasteiger partial charge >= 0.3 is 0 Å². The monoisotopic (exact) mass is 272 g/mol. The number of hydrogen-bond acceptors (Lipinski definition) is 1. The number of nitrogens with zero attached hydrogens (tertiary/aromatic N) is 2. The minimum absolute atomic E-state index is 0.176. The summed E-state index contributed by atoms with van der Waals surface area (Å²) in [5.74, 6) is 0.176. The van der Waals surface area contributed by atoms with Crippen LogP contribution in [-0.2, 0) is 17.8 Å². The second kappa shape index (κ2) is 6.60. The molecule has 1 amide bonds. The number of aryl methyl sites for hydroxylation is 1. The molecule has 0 aliphatic carbocycles. The quantitative estimate of drug-likeness (QED) is 0.790. The van der Waals surface area contributed by atoms with E-state index in [-0.39, 0.29) is 5.91 Å². The Balaban J connectivity index is 2.11. The van der Waals surface area contributed by atoms with Gasteiger partial charge in [0.05, 0.1) is 0 Å². The Morgan fingerprint density at radius 2 is 2.05 bits per heavy atom. The molecule has 2 aromatic rings. The number of likely N-dealkylation sites (N-methyl/N-ethyl adjacent to an activating group) is 1. The Morgan fingerprint density at radius 3 is 2.75 bits per heavy atom. The van der Waals surface area contributed by atoms with E-state index in [2.05, 4.69) is 38.1 Å². The smallest absolute Gasteiger partial charge is 0.242 e. The summed E-state index contributed by atoms with van der Waals surface area (Å²) in [6, 6.07) is 8.56. The summed E-state index contributed by atoms with van der Waals surface area (Å²) in [6.07, 6.45) is 5.23. The van der Waals surface area contributed by atoms with Crippen LogP contribution < -0.4 is 0 Å². The van der Waals surface area contributed by atoms with Gasteiger partial charge in [0, 0.05) is 25.3 Å². The maximum Gasteiger partial charge on any atom is 0.242 e. The fourth-order valence-electron chi connectivity index (χ4n) is 2.39. The molecule has 0 saturated carbocycles. The van der Waals surface area contributed by atoms with Crippen LogP contribution in [0.2, 0.25) is 0 Å². The van der Waals surface area contributed by atoms with Crippen LogP contribution in [-0.4, -0.2) is 29.0 Å². The van der Waals surface area contributed by atoms with E-state index in [1.54, 1.807) is 0 Å². The largest absolute Gasteiger partial charge is 0.344 e. The third-order valence-corrected chi connectivity index (χ3v) is 3.82. The van der Waals surface area contributed by atoms with Crippen LogP contribution >= 0.6 is 0 Å². The summed E-state index contributed by atoms with van der Waals surface area (Å²) in [7, 11) is 1.89. The molecule has 0 bridgehead atoms. The SMILES string of the molecule is CCCCN(C)C(=O)Cn1ccc2cc(CC)ccc21. The molecular formula is C17H24N2O. The highest BCUT2D eigenvalue weighted by atomic mass is 16.2. The Kier molecular flexibility index (Phi) is 4.83. The van der Waals surface area contributed by atoms with Gasteiger partial charge < -0.3 is 9.47 Å². The standard InChI is InChI=1S/C17H24N2O/c1-4-6-10-18(3)17(20)13-19-11-9-15-12-14(5-2)7-8-16(15)19/h7-9,11-12H,4-6,10,13H2,1-3H3. The maximum absolute atomic E-state index is 12.2. The van der Waals surface area contributed by atoms with Crippen LogP contribution in [0.1, 0.15) is 32.3 Å². The van der Waals surface area contributed by atoms with E-state index >= 15 is 0 Å². The lowest BCUT2D eigenvalue weighted by molar-refractivity contribution is -0.130. The number of carbonyl (C=O) groups excluding carboxylic acids is 1. The first kappa shape index (κ1) is 14.6. The molecule has 0 radical (unpaired) electrons. The number of fused-ring (bicyclic) bond motifs is 1. The number of aromatic nitrogens is 1. The second-order valence-corrected chi connectivity index (χ2v) is 5.36. The van der Waals surface area contributed by atoms with Crippen LogP contribution in [0.5, 0.6) is 0 Å². The van der Waals surface area contributed by atoms with Crippen LogP contribution in [0.4, 0.5) is 0 Å². The molecule has 0 saturated heterocycles. The maximum atomic E-state index is 12.2.